The van der Waals surface area contributed by atoms with Crippen LogP contribution in [0.4, 0.5) is 17.1 Å². The van der Waals surface area contributed by atoms with Crippen molar-refractivity contribution in [3.05, 3.63) is 124 Å². The summed E-state index contributed by atoms with van der Waals surface area (Å²) in [5, 5.41) is 3.93. The Morgan fingerprint density at radius 2 is 1.72 bits per heavy atom. The van der Waals surface area contributed by atoms with Crippen LogP contribution in [-0.2, 0) is 9.59 Å². The molecule has 0 saturated carbocycles. The predicted molar refractivity (Wildman–Crippen MR) is 160 cm³/mol. The van der Waals surface area contributed by atoms with Gasteiger partial charge in [-0.25, -0.2) is 4.99 Å². The van der Waals surface area contributed by atoms with E-state index < -0.39 is 0 Å². The number of rotatable bonds is 7. The molecule has 1 aliphatic heterocycles. The highest BCUT2D eigenvalue weighted by atomic mass is 35.5. The Bertz CT molecular complexity index is 1570. The first kappa shape index (κ1) is 26.3. The number of nitrogens with zero attached hydrogens (tertiary/aromatic N) is 2. The number of anilines is 2. The molecule has 0 bridgehead atoms. The molecule has 0 aliphatic carbocycles. The molecule has 1 saturated heterocycles. The van der Waals surface area contributed by atoms with Gasteiger partial charge in [0.2, 0.25) is 0 Å². The number of carbonyl (C=O) groups excluding carboxylic acids is 2. The molecular weight excluding hydrogens is 530 g/mol. The third-order valence-electron chi connectivity index (χ3n) is 5.78. The lowest BCUT2D eigenvalue weighted by atomic mass is 10.2. The van der Waals surface area contributed by atoms with Gasteiger partial charge in [-0.3, -0.25) is 14.5 Å². The van der Waals surface area contributed by atoms with Crippen LogP contribution in [0.3, 0.4) is 0 Å². The van der Waals surface area contributed by atoms with Gasteiger partial charge in [0.15, 0.2) is 11.8 Å². The number of thioether (sulfide) groups is 1. The number of halogens is 1. The van der Waals surface area contributed by atoms with Gasteiger partial charge in [-0.2, -0.15) is 0 Å². The molecular formula is C31H24ClN3O3S. The van der Waals surface area contributed by atoms with Gasteiger partial charge in [0.25, 0.3) is 11.8 Å². The van der Waals surface area contributed by atoms with Gasteiger partial charge in [-0.15, -0.1) is 0 Å². The molecule has 5 rings (SSSR count). The topological polar surface area (TPSA) is 71.0 Å². The summed E-state index contributed by atoms with van der Waals surface area (Å²) in [6.45, 7) is 1.72. The van der Waals surface area contributed by atoms with E-state index in [1.165, 1.54) is 11.8 Å². The van der Waals surface area contributed by atoms with E-state index in [9.17, 15) is 9.59 Å². The summed E-state index contributed by atoms with van der Waals surface area (Å²) in [5.74, 6) is 0.0405. The van der Waals surface area contributed by atoms with Gasteiger partial charge in [-0.05, 0) is 84.4 Å². The summed E-state index contributed by atoms with van der Waals surface area (Å²) in [4.78, 5) is 32.8. The number of aryl methyl sites for hydroxylation is 1. The largest absolute Gasteiger partial charge is 0.484 e. The van der Waals surface area contributed by atoms with E-state index in [0.29, 0.717) is 26.5 Å². The van der Waals surface area contributed by atoms with Gasteiger partial charge in [0, 0.05) is 10.7 Å². The normalized spacial score (nSPS) is 15.1. The highest BCUT2D eigenvalue weighted by Gasteiger charge is 2.34. The minimum atomic E-state index is -0.305. The monoisotopic (exact) mass is 553 g/mol. The van der Waals surface area contributed by atoms with Crippen molar-refractivity contribution in [2.45, 2.75) is 6.92 Å². The summed E-state index contributed by atoms with van der Waals surface area (Å²) in [7, 11) is 0. The van der Waals surface area contributed by atoms with Crippen LogP contribution in [0, 0.1) is 6.92 Å². The van der Waals surface area contributed by atoms with Crippen molar-refractivity contribution < 1.29 is 14.3 Å². The van der Waals surface area contributed by atoms with Crippen molar-refractivity contribution in [1.82, 2.24) is 0 Å². The van der Waals surface area contributed by atoms with E-state index >= 15 is 0 Å². The molecule has 1 heterocycles. The second-order valence-corrected chi connectivity index (χ2v) is 10.1. The molecule has 0 radical (unpaired) electrons. The summed E-state index contributed by atoms with van der Waals surface area (Å²) < 4.78 is 5.72. The third kappa shape index (κ3) is 6.57. The molecule has 0 spiro atoms. The molecule has 1 aliphatic rings. The average molecular weight is 554 g/mol. The van der Waals surface area contributed by atoms with Crippen molar-refractivity contribution in [1.29, 1.82) is 0 Å². The number of amides is 2. The van der Waals surface area contributed by atoms with E-state index in [4.69, 9.17) is 21.3 Å². The maximum absolute atomic E-state index is 13.5. The van der Waals surface area contributed by atoms with E-state index in [1.54, 1.807) is 35.2 Å². The maximum Gasteiger partial charge on any atom is 0.271 e. The van der Waals surface area contributed by atoms with Crippen LogP contribution >= 0.6 is 23.4 Å². The molecule has 6 nitrogen and oxygen atoms in total. The van der Waals surface area contributed by atoms with E-state index in [0.717, 1.165) is 22.5 Å². The molecule has 2 amide bonds. The fourth-order valence-corrected chi connectivity index (χ4v) is 5.01. The van der Waals surface area contributed by atoms with Gasteiger partial charge in [0.05, 0.1) is 16.3 Å². The highest BCUT2D eigenvalue weighted by molar-refractivity contribution is 8.19. The second kappa shape index (κ2) is 12.0. The number of aliphatic imine (C=N–C) groups is 1. The molecule has 0 aromatic heterocycles. The fraction of sp³-hybridized carbons (Fsp3) is 0.0645. The van der Waals surface area contributed by atoms with Crippen LogP contribution < -0.4 is 15.0 Å². The Morgan fingerprint density at radius 1 is 0.974 bits per heavy atom. The number of nitrogens with one attached hydrogen (secondary N) is 1. The van der Waals surface area contributed by atoms with Crippen molar-refractivity contribution in [3.8, 4) is 5.75 Å². The van der Waals surface area contributed by atoms with Crippen LogP contribution in [0.25, 0.3) is 6.08 Å². The zero-order chi connectivity index (χ0) is 27.2. The molecule has 194 valence electrons. The highest BCUT2D eigenvalue weighted by Crippen LogP contribution is 2.37. The van der Waals surface area contributed by atoms with Crippen molar-refractivity contribution in [2.75, 3.05) is 16.8 Å². The number of ether oxygens (including phenoxy) is 1. The Labute approximate surface area is 236 Å². The van der Waals surface area contributed by atoms with Crippen LogP contribution in [0.1, 0.15) is 11.1 Å². The van der Waals surface area contributed by atoms with Crippen molar-refractivity contribution in [2.24, 2.45) is 4.99 Å². The Kier molecular flexibility index (Phi) is 8.10. The zero-order valence-corrected chi connectivity index (χ0v) is 22.6. The van der Waals surface area contributed by atoms with Crippen LogP contribution in [-0.4, -0.2) is 23.6 Å². The molecule has 8 heteroatoms. The van der Waals surface area contributed by atoms with Crippen LogP contribution in [0.15, 0.2) is 113 Å². The molecule has 0 unspecified atom stereocenters. The number of benzene rings is 4. The molecule has 4 aromatic rings. The molecule has 4 aromatic carbocycles. The van der Waals surface area contributed by atoms with Gasteiger partial charge >= 0.3 is 0 Å². The van der Waals surface area contributed by atoms with Crippen LogP contribution in [0.2, 0.25) is 5.02 Å². The average Bonchev–Trinajstić information content (AvgIpc) is 3.24. The summed E-state index contributed by atoms with van der Waals surface area (Å²) in [6, 6.07) is 31.6. The summed E-state index contributed by atoms with van der Waals surface area (Å²) in [5.41, 5.74) is 3.80. The zero-order valence-electron chi connectivity index (χ0n) is 21.0. The van der Waals surface area contributed by atoms with Crippen molar-refractivity contribution in [3.63, 3.8) is 0 Å². The summed E-state index contributed by atoms with van der Waals surface area (Å²) >= 11 is 7.45. The minimum Gasteiger partial charge on any atom is -0.484 e. The SMILES string of the molecule is Cc1ccc(NC(=O)COc2cccc(/C=C3\SC(=Nc4ccccc4)N(c4ccccc4)C3=O)c2)cc1Cl. The standard InChI is InChI=1S/C31H24ClN3O3S/c1-21-15-16-24(19-27(21)32)33-29(36)20-38-26-14-8-9-22(17-26)18-28-30(37)35(25-12-6-3-7-13-25)31(39-28)34-23-10-4-2-5-11-23/h2-19H,20H2,1H3,(H,33,36)/b28-18-,34-31?. The second-order valence-electron chi connectivity index (χ2n) is 8.69. The fourth-order valence-electron chi connectivity index (χ4n) is 3.83. The van der Waals surface area contributed by atoms with E-state index in [2.05, 4.69) is 5.32 Å². The lowest BCUT2D eigenvalue weighted by Gasteiger charge is -2.15. The van der Waals surface area contributed by atoms with E-state index in [-0.39, 0.29) is 18.4 Å². The van der Waals surface area contributed by atoms with E-state index in [1.807, 2.05) is 85.8 Å². The number of hydrogen-bond donors (Lipinski definition) is 1. The molecule has 1 fully saturated rings. The van der Waals surface area contributed by atoms with Gasteiger partial charge in [-0.1, -0.05) is 66.2 Å². The smallest absolute Gasteiger partial charge is 0.271 e. The Balaban J connectivity index is 1.32. The van der Waals surface area contributed by atoms with Gasteiger partial charge < -0.3 is 10.1 Å². The Morgan fingerprint density at radius 3 is 2.46 bits per heavy atom. The first-order chi connectivity index (χ1) is 19.0. The quantitative estimate of drug-likeness (QED) is 0.241. The first-order valence-electron chi connectivity index (χ1n) is 12.2. The number of carbonyl (C=O) groups is 2. The lowest BCUT2D eigenvalue weighted by Crippen LogP contribution is -2.28. The maximum atomic E-state index is 13.5. The van der Waals surface area contributed by atoms with Crippen LogP contribution in [0.5, 0.6) is 5.75 Å². The number of hydrogen-bond acceptors (Lipinski definition) is 5. The molecule has 39 heavy (non-hydrogen) atoms. The summed E-state index contributed by atoms with van der Waals surface area (Å²) in [6.07, 6.45) is 1.80. The predicted octanol–water partition coefficient (Wildman–Crippen LogP) is 7.47. The first-order valence-corrected chi connectivity index (χ1v) is 13.4. The molecule has 1 N–H and O–H groups in total. The third-order valence-corrected chi connectivity index (χ3v) is 7.16. The Hall–Kier alpha value is -4.33. The van der Waals surface area contributed by atoms with Crippen molar-refractivity contribution >= 4 is 63.5 Å². The molecule has 0 atom stereocenters. The minimum absolute atomic E-state index is 0.164. The lowest BCUT2D eigenvalue weighted by molar-refractivity contribution is -0.118. The number of amidine groups is 1. The number of para-hydroxylation sites is 2. The van der Waals surface area contributed by atoms with Gasteiger partial charge in [0.1, 0.15) is 5.75 Å².